The highest BCUT2D eigenvalue weighted by atomic mass is 127. The molecule has 0 saturated carbocycles. The number of rotatable bonds is 5. The zero-order valence-corrected chi connectivity index (χ0v) is 16.5. The molecule has 0 aromatic heterocycles. The van der Waals surface area contributed by atoms with Gasteiger partial charge in [0.2, 0.25) is 0 Å². The Kier molecular flexibility index (Phi) is 7.37. The Hall–Kier alpha value is -1.25. The van der Waals surface area contributed by atoms with Crippen LogP contribution in [0.3, 0.4) is 0 Å². The first-order valence-electron chi connectivity index (χ1n) is 7.51. The summed E-state index contributed by atoms with van der Waals surface area (Å²) in [7, 11) is 1.99. The van der Waals surface area contributed by atoms with E-state index < -0.39 is 17.7 Å². The molecule has 1 amide bonds. The molecule has 0 unspecified atom stereocenters. The van der Waals surface area contributed by atoms with Gasteiger partial charge in [-0.05, 0) is 61.9 Å². The largest absolute Gasteiger partial charge is 0.465 e. The molecule has 0 aliphatic rings. The molecule has 1 aromatic carbocycles. The Balaban J connectivity index is 2.96. The number of halogens is 1. The monoisotopic (exact) mass is 431 g/mol. The summed E-state index contributed by atoms with van der Waals surface area (Å²) in [4.78, 5) is 25.6. The molecule has 1 rings (SSSR count). The number of hydrogen-bond donors (Lipinski definition) is 0. The lowest BCUT2D eigenvalue weighted by Gasteiger charge is -2.27. The van der Waals surface area contributed by atoms with E-state index in [0.29, 0.717) is 6.54 Å². The molecule has 0 spiro atoms. The smallest absolute Gasteiger partial charge is 0.411 e. The third kappa shape index (κ3) is 7.24. The van der Waals surface area contributed by atoms with E-state index in [9.17, 15) is 9.59 Å². The predicted octanol–water partition coefficient (Wildman–Crippen LogP) is 1.85. The van der Waals surface area contributed by atoms with Crippen molar-refractivity contribution in [3.63, 3.8) is 0 Å². The van der Waals surface area contributed by atoms with E-state index in [2.05, 4.69) is 22.6 Å². The van der Waals surface area contributed by atoms with Crippen molar-refractivity contribution < 1.29 is 19.1 Å². The number of amides is 1. The number of ether oxygens (including phenoxy) is 2. The highest BCUT2D eigenvalue weighted by Crippen LogP contribution is 2.16. The maximum atomic E-state index is 12.4. The molecule has 0 N–H and O–H groups in total. The van der Waals surface area contributed by atoms with Crippen LogP contribution in [-0.4, -0.2) is 43.6 Å². The number of esters is 1. The van der Waals surface area contributed by atoms with Crippen LogP contribution in [0.5, 0.6) is 0 Å². The molecule has 0 heterocycles. The fraction of sp³-hybridized carbons (Fsp3) is 0.500. The van der Waals surface area contributed by atoms with E-state index in [1.54, 1.807) is 27.7 Å². The Morgan fingerprint density at radius 3 is 2.52 bits per heavy atom. The molecule has 0 radical (unpaired) electrons. The number of carbonyl (C=O) groups excluding carboxylic acids is 2. The first-order valence-corrected chi connectivity index (χ1v) is 8.59. The zero-order chi connectivity index (χ0) is 17.6. The molecule has 0 atom stereocenters. The van der Waals surface area contributed by atoms with Gasteiger partial charge in [0.25, 0.3) is 0 Å². The number of nitrogens with zero attached hydrogens (tertiary/aromatic N) is 1. The topological polar surface area (TPSA) is 55.8 Å². The molecule has 0 saturated heterocycles. The highest BCUT2D eigenvalue weighted by Gasteiger charge is 2.25. The number of carbonyl (C=O) groups is 2. The van der Waals surface area contributed by atoms with E-state index in [1.807, 2.05) is 26.0 Å². The summed E-state index contributed by atoms with van der Waals surface area (Å²) in [5.74, 6) is -0.443. The van der Waals surface area contributed by atoms with Crippen LogP contribution in [0.15, 0.2) is 18.2 Å². The normalized spacial score (nSPS) is 11.0. The van der Waals surface area contributed by atoms with Crippen LogP contribution in [0.4, 0.5) is 4.79 Å². The average molecular weight is 431 g/mol. The first-order chi connectivity index (χ1) is 10.6. The SMILES string of the molecule is Bc1ccc(I)c(CN(CC(=O)OCC)C(=O)OC(C)(C)C)c1. The molecule has 0 bridgehead atoms. The third-order valence-electron chi connectivity index (χ3n) is 2.84. The van der Waals surface area contributed by atoms with Crippen molar-refractivity contribution in [3.05, 3.63) is 27.3 Å². The fourth-order valence-corrected chi connectivity index (χ4v) is 2.41. The predicted molar refractivity (Wildman–Crippen MR) is 101 cm³/mol. The second-order valence-corrected chi connectivity index (χ2v) is 7.40. The van der Waals surface area contributed by atoms with E-state index in [1.165, 1.54) is 4.90 Å². The minimum Gasteiger partial charge on any atom is -0.465 e. The number of hydrogen-bond acceptors (Lipinski definition) is 4. The summed E-state index contributed by atoms with van der Waals surface area (Å²) in [5, 5.41) is 0. The molecule has 7 heteroatoms. The summed E-state index contributed by atoms with van der Waals surface area (Å²) in [6, 6.07) is 6.00. The molecular weight excluding hydrogens is 408 g/mol. The minimum absolute atomic E-state index is 0.132. The van der Waals surface area contributed by atoms with Crippen LogP contribution in [-0.2, 0) is 20.8 Å². The van der Waals surface area contributed by atoms with Crippen molar-refractivity contribution in [2.45, 2.75) is 39.8 Å². The van der Waals surface area contributed by atoms with Gasteiger partial charge in [0.1, 0.15) is 20.0 Å². The second-order valence-electron chi connectivity index (χ2n) is 6.24. The molecule has 126 valence electrons. The molecule has 0 aliphatic heterocycles. The Bertz CT molecular complexity index is 572. The lowest BCUT2D eigenvalue weighted by atomic mass is 9.94. The van der Waals surface area contributed by atoms with Crippen molar-refractivity contribution >= 4 is 48.0 Å². The standard InChI is InChI=1S/C16H23BINO4/c1-5-22-14(20)10-19(15(21)23-16(2,3)4)9-11-8-12(17)6-7-13(11)18/h6-8H,5,9-10,17H2,1-4H3. The summed E-state index contributed by atoms with van der Waals surface area (Å²) in [6.07, 6.45) is -0.525. The van der Waals surface area contributed by atoms with Gasteiger partial charge in [-0.2, -0.15) is 0 Å². The molecule has 0 aliphatic carbocycles. The Morgan fingerprint density at radius 2 is 1.96 bits per heavy atom. The van der Waals surface area contributed by atoms with E-state index in [0.717, 1.165) is 14.6 Å². The van der Waals surface area contributed by atoms with Gasteiger partial charge in [0.15, 0.2) is 0 Å². The van der Waals surface area contributed by atoms with Crippen molar-refractivity contribution in [2.75, 3.05) is 13.2 Å². The van der Waals surface area contributed by atoms with Crippen LogP contribution in [0.2, 0.25) is 0 Å². The summed E-state index contributed by atoms with van der Waals surface area (Å²) >= 11 is 2.22. The quantitative estimate of drug-likeness (QED) is 0.406. The molecule has 23 heavy (non-hydrogen) atoms. The van der Waals surface area contributed by atoms with Crippen LogP contribution >= 0.6 is 22.6 Å². The maximum Gasteiger partial charge on any atom is 0.411 e. The van der Waals surface area contributed by atoms with Crippen LogP contribution < -0.4 is 5.46 Å². The number of benzene rings is 1. The molecular formula is C16H23BINO4. The van der Waals surface area contributed by atoms with Gasteiger partial charge in [0, 0.05) is 3.57 Å². The third-order valence-corrected chi connectivity index (χ3v) is 3.89. The van der Waals surface area contributed by atoms with Gasteiger partial charge in [-0.3, -0.25) is 9.69 Å². The average Bonchev–Trinajstić information content (AvgIpc) is 2.40. The van der Waals surface area contributed by atoms with Gasteiger partial charge in [-0.15, -0.1) is 0 Å². The van der Waals surface area contributed by atoms with Gasteiger partial charge in [-0.25, -0.2) is 4.79 Å². The van der Waals surface area contributed by atoms with Gasteiger partial charge in [0.05, 0.1) is 13.2 Å². The molecule has 5 nitrogen and oxygen atoms in total. The highest BCUT2D eigenvalue weighted by molar-refractivity contribution is 14.1. The van der Waals surface area contributed by atoms with Crippen LogP contribution in [0.1, 0.15) is 33.3 Å². The fourth-order valence-electron chi connectivity index (χ4n) is 1.90. The van der Waals surface area contributed by atoms with Gasteiger partial charge < -0.3 is 9.47 Å². The van der Waals surface area contributed by atoms with Gasteiger partial charge in [-0.1, -0.05) is 17.6 Å². The molecule has 1 aromatic rings. The van der Waals surface area contributed by atoms with Crippen molar-refractivity contribution in [1.82, 2.24) is 4.90 Å². The van der Waals surface area contributed by atoms with Crippen molar-refractivity contribution in [2.24, 2.45) is 0 Å². The first kappa shape index (κ1) is 19.8. The zero-order valence-electron chi connectivity index (χ0n) is 14.3. The summed E-state index contributed by atoms with van der Waals surface area (Å²) in [5.41, 5.74) is 1.45. The minimum atomic E-state index is -0.621. The second kappa shape index (κ2) is 8.56. The Labute approximate surface area is 152 Å². The Morgan fingerprint density at radius 1 is 1.30 bits per heavy atom. The lowest BCUT2D eigenvalue weighted by Crippen LogP contribution is -2.40. The lowest BCUT2D eigenvalue weighted by molar-refractivity contribution is -0.144. The maximum absolute atomic E-state index is 12.4. The van der Waals surface area contributed by atoms with Crippen LogP contribution in [0, 0.1) is 3.57 Å². The van der Waals surface area contributed by atoms with E-state index in [-0.39, 0.29) is 13.2 Å². The molecule has 0 fully saturated rings. The van der Waals surface area contributed by atoms with Crippen LogP contribution in [0.25, 0.3) is 0 Å². The van der Waals surface area contributed by atoms with E-state index >= 15 is 0 Å². The summed E-state index contributed by atoms with van der Waals surface area (Å²) in [6.45, 7) is 7.57. The van der Waals surface area contributed by atoms with Crippen molar-refractivity contribution in [1.29, 1.82) is 0 Å². The van der Waals surface area contributed by atoms with E-state index in [4.69, 9.17) is 9.47 Å². The van der Waals surface area contributed by atoms with Gasteiger partial charge >= 0.3 is 12.1 Å². The van der Waals surface area contributed by atoms with Crippen molar-refractivity contribution in [3.8, 4) is 0 Å². The summed E-state index contributed by atoms with van der Waals surface area (Å²) < 4.78 is 11.4.